The lowest BCUT2D eigenvalue weighted by Crippen LogP contribution is -2.46. The summed E-state index contributed by atoms with van der Waals surface area (Å²) in [5.41, 5.74) is 0.216. The van der Waals surface area contributed by atoms with Crippen molar-refractivity contribution in [2.75, 3.05) is 46.1 Å². The van der Waals surface area contributed by atoms with Gasteiger partial charge in [0, 0.05) is 50.2 Å². The zero-order chi connectivity index (χ0) is 15.0. The summed E-state index contributed by atoms with van der Waals surface area (Å²) in [6, 6.07) is 0.378. The van der Waals surface area contributed by atoms with E-state index in [4.69, 9.17) is 9.47 Å². The van der Waals surface area contributed by atoms with E-state index in [0.29, 0.717) is 6.04 Å². The van der Waals surface area contributed by atoms with Crippen LogP contribution in [0, 0.1) is 17.3 Å². The number of ether oxygens (including phenoxy) is 2. The first-order valence-corrected chi connectivity index (χ1v) is 8.93. The Kier molecular flexibility index (Phi) is 4.13. The standard InChI is InChI=1S/C17H28N2O3/c20-16(15-9-17(15)4-8-22-12-17)18-14-1-5-19(6-2-14)10-13-3-7-21-11-13/h13-15H,1-12H2,(H,18,20). The molecule has 1 spiro atoms. The highest BCUT2D eigenvalue weighted by atomic mass is 16.5. The van der Waals surface area contributed by atoms with Crippen LogP contribution in [0.25, 0.3) is 0 Å². The highest BCUT2D eigenvalue weighted by molar-refractivity contribution is 5.83. The van der Waals surface area contributed by atoms with Crippen molar-refractivity contribution in [1.82, 2.24) is 10.2 Å². The van der Waals surface area contributed by atoms with Crippen molar-refractivity contribution in [3.05, 3.63) is 0 Å². The first-order chi connectivity index (χ1) is 10.8. The van der Waals surface area contributed by atoms with Gasteiger partial charge in [0.25, 0.3) is 0 Å². The summed E-state index contributed by atoms with van der Waals surface area (Å²) in [4.78, 5) is 14.9. The Balaban J connectivity index is 1.18. The number of rotatable bonds is 4. The van der Waals surface area contributed by atoms with Gasteiger partial charge in [-0.25, -0.2) is 0 Å². The van der Waals surface area contributed by atoms with E-state index in [0.717, 1.165) is 71.1 Å². The Hall–Kier alpha value is -0.650. The van der Waals surface area contributed by atoms with Gasteiger partial charge < -0.3 is 19.7 Å². The van der Waals surface area contributed by atoms with E-state index in [9.17, 15) is 4.79 Å². The Bertz CT molecular complexity index is 408. The fourth-order valence-electron chi connectivity index (χ4n) is 4.43. The molecule has 0 aromatic heterocycles. The summed E-state index contributed by atoms with van der Waals surface area (Å²) in [5.74, 6) is 1.23. The SMILES string of the molecule is O=C(NC1CCN(CC2CCOC2)CC1)C1CC12CCOC2. The quantitative estimate of drug-likeness (QED) is 0.843. The van der Waals surface area contributed by atoms with E-state index in [-0.39, 0.29) is 17.2 Å². The molecule has 1 aliphatic carbocycles. The molecule has 4 fully saturated rings. The van der Waals surface area contributed by atoms with Gasteiger partial charge in [-0.2, -0.15) is 0 Å². The van der Waals surface area contributed by atoms with Crippen molar-refractivity contribution in [2.24, 2.45) is 17.3 Å². The topological polar surface area (TPSA) is 50.8 Å². The van der Waals surface area contributed by atoms with Crippen molar-refractivity contribution >= 4 is 5.91 Å². The average molecular weight is 308 g/mol. The Morgan fingerprint density at radius 2 is 2.05 bits per heavy atom. The van der Waals surface area contributed by atoms with E-state index in [1.165, 1.54) is 13.0 Å². The van der Waals surface area contributed by atoms with Gasteiger partial charge in [0.05, 0.1) is 13.2 Å². The number of carbonyl (C=O) groups is 1. The van der Waals surface area contributed by atoms with Crippen LogP contribution in [-0.4, -0.2) is 62.9 Å². The van der Waals surface area contributed by atoms with Gasteiger partial charge in [-0.15, -0.1) is 0 Å². The van der Waals surface area contributed by atoms with Crippen molar-refractivity contribution in [1.29, 1.82) is 0 Å². The number of likely N-dealkylation sites (tertiary alicyclic amines) is 1. The largest absolute Gasteiger partial charge is 0.381 e. The molecule has 3 saturated heterocycles. The highest BCUT2D eigenvalue weighted by Crippen LogP contribution is 2.57. The lowest BCUT2D eigenvalue weighted by atomic mass is 10.0. The number of amides is 1. The van der Waals surface area contributed by atoms with Gasteiger partial charge in [-0.1, -0.05) is 0 Å². The number of carbonyl (C=O) groups excluding carboxylic acids is 1. The van der Waals surface area contributed by atoms with Crippen LogP contribution < -0.4 is 5.32 Å². The van der Waals surface area contributed by atoms with E-state index in [1.54, 1.807) is 0 Å². The first-order valence-electron chi connectivity index (χ1n) is 8.93. The van der Waals surface area contributed by atoms with Crippen molar-refractivity contribution in [2.45, 2.75) is 38.1 Å². The van der Waals surface area contributed by atoms with Gasteiger partial charge in [-0.05, 0) is 38.0 Å². The van der Waals surface area contributed by atoms with Crippen LogP contribution in [0.1, 0.15) is 32.1 Å². The van der Waals surface area contributed by atoms with Crippen LogP contribution in [0.4, 0.5) is 0 Å². The molecule has 3 atom stereocenters. The van der Waals surface area contributed by atoms with Crippen LogP contribution >= 0.6 is 0 Å². The average Bonchev–Trinajstić information content (AvgIpc) is 2.88. The van der Waals surface area contributed by atoms with Crippen LogP contribution in [0.3, 0.4) is 0 Å². The second kappa shape index (κ2) is 6.10. The first kappa shape index (κ1) is 14.9. The molecular formula is C17H28N2O3. The van der Waals surface area contributed by atoms with Crippen molar-refractivity contribution in [3.8, 4) is 0 Å². The monoisotopic (exact) mass is 308 g/mol. The van der Waals surface area contributed by atoms with Gasteiger partial charge in [-0.3, -0.25) is 4.79 Å². The highest BCUT2D eigenvalue weighted by Gasteiger charge is 2.59. The van der Waals surface area contributed by atoms with E-state index >= 15 is 0 Å². The summed E-state index contributed by atoms with van der Waals surface area (Å²) < 4.78 is 10.9. The van der Waals surface area contributed by atoms with Gasteiger partial charge in [0.15, 0.2) is 0 Å². The summed E-state index contributed by atoms with van der Waals surface area (Å²) >= 11 is 0. The molecule has 0 bridgehead atoms. The smallest absolute Gasteiger partial charge is 0.224 e. The minimum Gasteiger partial charge on any atom is -0.381 e. The molecule has 5 nitrogen and oxygen atoms in total. The molecule has 3 aliphatic heterocycles. The third kappa shape index (κ3) is 3.03. The molecule has 4 rings (SSSR count). The molecule has 3 heterocycles. The van der Waals surface area contributed by atoms with Crippen molar-refractivity contribution in [3.63, 3.8) is 0 Å². The summed E-state index contributed by atoms with van der Waals surface area (Å²) in [6.45, 7) is 6.90. The summed E-state index contributed by atoms with van der Waals surface area (Å²) in [7, 11) is 0. The van der Waals surface area contributed by atoms with Crippen molar-refractivity contribution < 1.29 is 14.3 Å². The van der Waals surface area contributed by atoms with Gasteiger partial charge >= 0.3 is 0 Å². The lowest BCUT2D eigenvalue weighted by molar-refractivity contribution is -0.124. The maximum atomic E-state index is 12.4. The number of nitrogens with one attached hydrogen (secondary N) is 1. The van der Waals surface area contributed by atoms with Crippen LogP contribution in [0.5, 0.6) is 0 Å². The fourth-order valence-corrected chi connectivity index (χ4v) is 4.43. The Morgan fingerprint density at radius 1 is 1.18 bits per heavy atom. The summed E-state index contributed by atoms with van der Waals surface area (Å²) in [6.07, 6.45) is 5.51. The minimum atomic E-state index is 0.216. The number of hydrogen-bond acceptors (Lipinski definition) is 4. The van der Waals surface area contributed by atoms with Gasteiger partial charge in [0.2, 0.25) is 5.91 Å². The van der Waals surface area contributed by atoms with Crippen LogP contribution in [0.2, 0.25) is 0 Å². The molecule has 22 heavy (non-hydrogen) atoms. The van der Waals surface area contributed by atoms with E-state index in [2.05, 4.69) is 10.2 Å². The third-order valence-corrected chi connectivity index (χ3v) is 6.11. The molecule has 5 heteroatoms. The second-order valence-corrected chi connectivity index (χ2v) is 7.73. The number of nitrogens with zero attached hydrogens (tertiary/aromatic N) is 1. The minimum absolute atomic E-state index is 0.216. The maximum absolute atomic E-state index is 12.4. The molecule has 4 aliphatic rings. The molecule has 124 valence electrons. The molecule has 0 radical (unpaired) electrons. The normalized spacial score (nSPS) is 39.5. The molecule has 0 aromatic carbocycles. The molecule has 1 amide bonds. The fraction of sp³-hybridized carbons (Fsp3) is 0.941. The zero-order valence-electron chi connectivity index (χ0n) is 13.4. The predicted octanol–water partition coefficient (Wildman–Crippen LogP) is 1.03. The second-order valence-electron chi connectivity index (χ2n) is 7.73. The number of hydrogen-bond donors (Lipinski definition) is 1. The molecule has 3 unspecified atom stereocenters. The van der Waals surface area contributed by atoms with Gasteiger partial charge in [0.1, 0.15) is 0 Å². The lowest BCUT2D eigenvalue weighted by Gasteiger charge is -2.33. The predicted molar refractivity (Wildman–Crippen MR) is 82.5 cm³/mol. The van der Waals surface area contributed by atoms with Crippen LogP contribution in [-0.2, 0) is 14.3 Å². The molecular weight excluding hydrogens is 280 g/mol. The maximum Gasteiger partial charge on any atom is 0.224 e. The van der Waals surface area contributed by atoms with E-state index in [1.807, 2.05) is 0 Å². The number of piperidine rings is 1. The Labute approximate surface area is 132 Å². The third-order valence-electron chi connectivity index (χ3n) is 6.11. The zero-order valence-corrected chi connectivity index (χ0v) is 13.4. The molecule has 1 N–H and O–H groups in total. The summed E-state index contributed by atoms with van der Waals surface area (Å²) in [5, 5.41) is 3.30. The molecule has 1 saturated carbocycles. The Morgan fingerprint density at radius 3 is 2.73 bits per heavy atom. The van der Waals surface area contributed by atoms with E-state index < -0.39 is 0 Å². The van der Waals surface area contributed by atoms with Crippen LogP contribution in [0.15, 0.2) is 0 Å². The molecule has 0 aromatic rings.